The van der Waals surface area contributed by atoms with E-state index in [1.165, 1.54) is 11.3 Å². The molecule has 0 atom stereocenters. The lowest BCUT2D eigenvalue weighted by Crippen LogP contribution is -2.12. The van der Waals surface area contributed by atoms with Gasteiger partial charge in [-0.15, -0.1) is 11.3 Å². The standard InChI is InChI=1S/C11H9Br2NO2S2/c1-7-8(12)3-2-4-10(7)14-18(15,16)11-9(13)5-6-17-11/h2-6,14H,1H3. The number of rotatable bonds is 3. The van der Waals surface area contributed by atoms with Crippen molar-refractivity contribution in [3.05, 3.63) is 44.2 Å². The number of anilines is 1. The Labute approximate surface area is 127 Å². The highest BCUT2D eigenvalue weighted by molar-refractivity contribution is 9.10. The van der Waals surface area contributed by atoms with Crippen LogP contribution < -0.4 is 4.72 Å². The van der Waals surface area contributed by atoms with E-state index in [1.807, 2.05) is 13.0 Å². The van der Waals surface area contributed by atoms with E-state index >= 15 is 0 Å². The number of hydrogen-bond acceptors (Lipinski definition) is 3. The third-order valence-corrected chi connectivity index (χ3v) is 7.24. The first-order valence-electron chi connectivity index (χ1n) is 4.93. The minimum atomic E-state index is -3.54. The molecule has 2 aromatic rings. The van der Waals surface area contributed by atoms with Crippen LogP contribution in [0.15, 0.2) is 42.8 Å². The maximum atomic E-state index is 12.2. The Balaban J connectivity index is 2.40. The molecule has 1 aromatic carbocycles. The monoisotopic (exact) mass is 409 g/mol. The molecule has 0 saturated heterocycles. The van der Waals surface area contributed by atoms with Crippen LogP contribution in [0, 0.1) is 6.92 Å². The van der Waals surface area contributed by atoms with Gasteiger partial charge in [0.1, 0.15) is 0 Å². The summed E-state index contributed by atoms with van der Waals surface area (Å²) in [6.07, 6.45) is 0. The number of thiophene rings is 1. The normalized spacial score (nSPS) is 11.5. The van der Waals surface area contributed by atoms with Gasteiger partial charge in [-0.25, -0.2) is 8.42 Å². The number of benzene rings is 1. The topological polar surface area (TPSA) is 46.2 Å². The molecule has 0 radical (unpaired) electrons. The summed E-state index contributed by atoms with van der Waals surface area (Å²) in [4.78, 5) is 0. The van der Waals surface area contributed by atoms with E-state index in [2.05, 4.69) is 36.6 Å². The summed E-state index contributed by atoms with van der Waals surface area (Å²) in [5.74, 6) is 0. The minimum Gasteiger partial charge on any atom is -0.279 e. The van der Waals surface area contributed by atoms with Gasteiger partial charge in [-0.2, -0.15) is 0 Å². The zero-order valence-electron chi connectivity index (χ0n) is 9.28. The second-order valence-corrected chi connectivity index (χ2v) is 8.08. The lowest BCUT2D eigenvalue weighted by atomic mass is 10.2. The van der Waals surface area contributed by atoms with Crippen LogP contribution in [0.25, 0.3) is 0 Å². The molecule has 0 aliphatic carbocycles. The van der Waals surface area contributed by atoms with Gasteiger partial charge >= 0.3 is 0 Å². The predicted octanol–water partition coefficient (Wildman–Crippen LogP) is 4.38. The molecule has 1 N–H and O–H groups in total. The first-order valence-corrected chi connectivity index (χ1v) is 8.87. The summed E-state index contributed by atoms with van der Waals surface area (Å²) in [5.41, 5.74) is 1.43. The van der Waals surface area contributed by atoms with Gasteiger partial charge in [0.05, 0.1) is 5.69 Å². The molecule has 0 aliphatic heterocycles. The van der Waals surface area contributed by atoms with E-state index in [-0.39, 0.29) is 4.21 Å². The Morgan fingerprint density at radius 1 is 1.17 bits per heavy atom. The van der Waals surface area contributed by atoms with Crippen molar-refractivity contribution in [1.29, 1.82) is 0 Å². The molecule has 3 nitrogen and oxygen atoms in total. The summed E-state index contributed by atoms with van der Waals surface area (Å²) in [6.45, 7) is 1.85. The highest BCUT2D eigenvalue weighted by Crippen LogP contribution is 2.31. The molecule has 18 heavy (non-hydrogen) atoms. The van der Waals surface area contributed by atoms with Gasteiger partial charge in [0.15, 0.2) is 4.21 Å². The SMILES string of the molecule is Cc1c(Br)cccc1NS(=O)(=O)c1sccc1Br. The van der Waals surface area contributed by atoms with E-state index in [4.69, 9.17) is 0 Å². The summed E-state index contributed by atoms with van der Waals surface area (Å²) >= 11 is 7.78. The second kappa shape index (κ2) is 5.32. The van der Waals surface area contributed by atoms with Gasteiger partial charge < -0.3 is 0 Å². The Morgan fingerprint density at radius 2 is 1.89 bits per heavy atom. The van der Waals surface area contributed by atoms with Crippen molar-refractivity contribution >= 4 is 58.9 Å². The van der Waals surface area contributed by atoms with E-state index in [9.17, 15) is 8.42 Å². The Bertz CT molecular complexity index is 680. The lowest BCUT2D eigenvalue weighted by molar-refractivity contribution is 0.603. The molecule has 7 heteroatoms. The van der Waals surface area contributed by atoms with Gasteiger partial charge in [-0.1, -0.05) is 22.0 Å². The number of nitrogens with one attached hydrogen (secondary N) is 1. The zero-order valence-corrected chi connectivity index (χ0v) is 14.1. The fourth-order valence-corrected chi connectivity index (χ4v) is 5.21. The van der Waals surface area contributed by atoms with Crippen LogP contribution in [0.2, 0.25) is 0 Å². The van der Waals surface area contributed by atoms with Crippen molar-refractivity contribution in [2.24, 2.45) is 0 Å². The number of hydrogen-bond donors (Lipinski definition) is 1. The van der Waals surface area contributed by atoms with Crippen LogP contribution in [0.1, 0.15) is 5.56 Å². The molecule has 0 bridgehead atoms. The largest absolute Gasteiger partial charge is 0.279 e. The predicted molar refractivity (Wildman–Crippen MR) is 81.7 cm³/mol. The Morgan fingerprint density at radius 3 is 2.50 bits per heavy atom. The van der Waals surface area contributed by atoms with E-state index < -0.39 is 10.0 Å². The molecule has 0 saturated carbocycles. The quantitative estimate of drug-likeness (QED) is 0.815. The second-order valence-electron chi connectivity index (χ2n) is 3.57. The van der Waals surface area contributed by atoms with Crippen LogP contribution >= 0.6 is 43.2 Å². The van der Waals surface area contributed by atoms with Crippen LogP contribution in [-0.4, -0.2) is 8.42 Å². The van der Waals surface area contributed by atoms with Crippen molar-refractivity contribution in [2.45, 2.75) is 11.1 Å². The van der Waals surface area contributed by atoms with Crippen molar-refractivity contribution < 1.29 is 8.42 Å². The molecule has 0 fully saturated rings. The smallest absolute Gasteiger partial charge is 0.272 e. The van der Waals surface area contributed by atoms with E-state index in [0.717, 1.165) is 10.0 Å². The Hall–Kier alpha value is -0.370. The molecule has 2 rings (SSSR count). The molecular weight excluding hydrogens is 402 g/mol. The zero-order chi connectivity index (χ0) is 13.3. The average Bonchev–Trinajstić information content (AvgIpc) is 2.72. The molecule has 0 spiro atoms. The fraction of sp³-hybridized carbons (Fsp3) is 0.0909. The molecule has 1 aromatic heterocycles. The van der Waals surface area contributed by atoms with Crippen LogP contribution in [0.5, 0.6) is 0 Å². The third-order valence-electron chi connectivity index (χ3n) is 2.34. The molecular formula is C11H9Br2NO2S2. The molecule has 0 unspecified atom stereocenters. The first-order chi connectivity index (χ1) is 8.42. The molecule has 0 aliphatic rings. The van der Waals surface area contributed by atoms with Crippen LogP contribution in [0.4, 0.5) is 5.69 Å². The highest BCUT2D eigenvalue weighted by atomic mass is 79.9. The van der Waals surface area contributed by atoms with Crippen LogP contribution in [0.3, 0.4) is 0 Å². The molecule has 96 valence electrons. The minimum absolute atomic E-state index is 0.280. The van der Waals surface area contributed by atoms with Crippen molar-refractivity contribution in [2.75, 3.05) is 4.72 Å². The lowest BCUT2D eigenvalue weighted by Gasteiger charge is -2.10. The van der Waals surface area contributed by atoms with Crippen molar-refractivity contribution in [1.82, 2.24) is 0 Å². The van der Waals surface area contributed by atoms with Gasteiger partial charge in [0.25, 0.3) is 10.0 Å². The third kappa shape index (κ3) is 2.79. The summed E-state index contributed by atoms with van der Waals surface area (Å²) in [6, 6.07) is 7.11. The van der Waals surface area contributed by atoms with Gasteiger partial charge in [0, 0.05) is 8.95 Å². The summed E-state index contributed by atoms with van der Waals surface area (Å²) in [7, 11) is -3.54. The van der Waals surface area contributed by atoms with Crippen molar-refractivity contribution in [3.8, 4) is 0 Å². The Kier molecular flexibility index (Phi) is 4.15. The molecule has 0 amide bonds. The molecule has 1 heterocycles. The van der Waals surface area contributed by atoms with Gasteiger partial charge in [-0.05, 0) is 52.0 Å². The van der Waals surface area contributed by atoms with E-state index in [1.54, 1.807) is 23.6 Å². The maximum absolute atomic E-state index is 12.2. The summed E-state index contributed by atoms with van der Waals surface area (Å²) < 4.78 is 28.7. The fourth-order valence-electron chi connectivity index (χ4n) is 1.38. The number of sulfonamides is 1. The van der Waals surface area contributed by atoms with E-state index in [0.29, 0.717) is 10.2 Å². The first kappa shape index (κ1) is 14.0. The van der Waals surface area contributed by atoms with Crippen LogP contribution in [-0.2, 0) is 10.0 Å². The average molecular weight is 411 g/mol. The maximum Gasteiger partial charge on any atom is 0.272 e. The van der Waals surface area contributed by atoms with Gasteiger partial charge in [0.2, 0.25) is 0 Å². The van der Waals surface area contributed by atoms with Gasteiger partial charge in [-0.3, -0.25) is 4.72 Å². The summed E-state index contributed by atoms with van der Waals surface area (Å²) in [5, 5.41) is 1.73. The highest BCUT2D eigenvalue weighted by Gasteiger charge is 2.20. The number of halogens is 2. The van der Waals surface area contributed by atoms with Crippen molar-refractivity contribution in [3.63, 3.8) is 0 Å².